The van der Waals surface area contributed by atoms with Crippen LogP contribution in [0.1, 0.15) is 23.9 Å². The summed E-state index contributed by atoms with van der Waals surface area (Å²) >= 11 is 0. The SMILES string of the molecule is Cn1c(CCN2CC(O)CC2c2cccc(F)c2)nc2ccccc21. The average Bonchev–Trinajstić information content (AvgIpc) is 3.13. The van der Waals surface area contributed by atoms with Crippen molar-refractivity contribution in [1.29, 1.82) is 0 Å². The molecule has 3 aromatic rings. The lowest BCUT2D eigenvalue weighted by Gasteiger charge is -2.24. The molecule has 4 nitrogen and oxygen atoms in total. The molecular formula is C20H22FN3O. The Morgan fingerprint density at radius 1 is 1.20 bits per heavy atom. The number of rotatable bonds is 4. The van der Waals surface area contributed by atoms with Crippen LogP contribution in [0.3, 0.4) is 0 Å². The van der Waals surface area contributed by atoms with Gasteiger partial charge in [-0.1, -0.05) is 24.3 Å². The minimum absolute atomic E-state index is 0.0559. The van der Waals surface area contributed by atoms with Gasteiger partial charge in [-0.3, -0.25) is 4.90 Å². The number of aromatic nitrogens is 2. The Kier molecular flexibility index (Phi) is 4.27. The molecule has 0 aliphatic carbocycles. The summed E-state index contributed by atoms with van der Waals surface area (Å²) in [5.41, 5.74) is 3.06. The molecule has 2 atom stereocenters. The molecule has 1 saturated heterocycles. The number of benzene rings is 2. The van der Waals surface area contributed by atoms with Crippen LogP contribution in [-0.4, -0.2) is 38.8 Å². The summed E-state index contributed by atoms with van der Waals surface area (Å²) in [6.45, 7) is 1.40. The highest BCUT2D eigenvalue weighted by molar-refractivity contribution is 5.75. The first-order chi connectivity index (χ1) is 12.1. The van der Waals surface area contributed by atoms with Crippen LogP contribution in [0.4, 0.5) is 4.39 Å². The lowest BCUT2D eigenvalue weighted by molar-refractivity contribution is 0.175. The minimum Gasteiger partial charge on any atom is -0.392 e. The van der Waals surface area contributed by atoms with Crippen LogP contribution < -0.4 is 0 Å². The summed E-state index contributed by atoms with van der Waals surface area (Å²) in [4.78, 5) is 6.95. The molecule has 0 saturated carbocycles. The summed E-state index contributed by atoms with van der Waals surface area (Å²) in [6, 6.07) is 14.9. The Morgan fingerprint density at radius 3 is 2.84 bits per heavy atom. The third-order valence-electron chi connectivity index (χ3n) is 5.12. The van der Waals surface area contributed by atoms with Crippen LogP contribution in [0, 0.1) is 5.82 Å². The second kappa shape index (κ2) is 6.58. The number of nitrogens with zero attached hydrogens (tertiary/aromatic N) is 3. The van der Waals surface area contributed by atoms with Crippen molar-refractivity contribution < 1.29 is 9.50 Å². The molecule has 0 radical (unpaired) electrons. The summed E-state index contributed by atoms with van der Waals surface area (Å²) < 4.78 is 15.7. The largest absolute Gasteiger partial charge is 0.392 e. The van der Waals surface area contributed by atoms with E-state index in [9.17, 15) is 9.50 Å². The van der Waals surface area contributed by atoms with Gasteiger partial charge in [0.05, 0.1) is 17.1 Å². The highest BCUT2D eigenvalue weighted by atomic mass is 19.1. The van der Waals surface area contributed by atoms with Gasteiger partial charge >= 0.3 is 0 Å². The quantitative estimate of drug-likeness (QED) is 0.794. The van der Waals surface area contributed by atoms with Gasteiger partial charge in [-0.15, -0.1) is 0 Å². The van der Waals surface area contributed by atoms with Gasteiger partial charge in [0.1, 0.15) is 11.6 Å². The molecule has 0 amide bonds. The van der Waals surface area contributed by atoms with Gasteiger partial charge in [0, 0.05) is 32.6 Å². The van der Waals surface area contributed by atoms with Crippen molar-refractivity contribution in [1.82, 2.24) is 14.5 Å². The minimum atomic E-state index is -0.367. The number of fused-ring (bicyclic) bond motifs is 1. The number of imidazole rings is 1. The van der Waals surface area contributed by atoms with Crippen molar-refractivity contribution in [2.45, 2.75) is 25.0 Å². The standard InChI is InChI=1S/C20H22FN3O/c1-23-18-8-3-2-7-17(18)22-20(23)9-10-24-13-16(25)12-19(24)14-5-4-6-15(21)11-14/h2-8,11,16,19,25H,9-10,12-13H2,1H3. The van der Waals surface area contributed by atoms with E-state index in [-0.39, 0.29) is 18.0 Å². The fourth-order valence-electron chi connectivity index (χ4n) is 3.85. The number of aliphatic hydroxyl groups excluding tert-OH is 1. The van der Waals surface area contributed by atoms with Gasteiger partial charge in [0.15, 0.2) is 0 Å². The average molecular weight is 339 g/mol. The number of aryl methyl sites for hydroxylation is 1. The molecule has 2 unspecified atom stereocenters. The van der Waals surface area contributed by atoms with Crippen molar-refractivity contribution in [3.8, 4) is 0 Å². The van der Waals surface area contributed by atoms with Gasteiger partial charge in [0.2, 0.25) is 0 Å². The molecule has 25 heavy (non-hydrogen) atoms. The Labute approximate surface area is 146 Å². The van der Waals surface area contributed by atoms with E-state index in [2.05, 4.69) is 15.5 Å². The zero-order valence-electron chi connectivity index (χ0n) is 14.3. The summed E-state index contributed by atoms with van der Waals surface area (Å²) in [6.07, 6.45) is 1.07. The van der Waals surface area contributed by atoms with E-state index in [4.69, 9.17) is 4.98 Å². The Balaban J connectivity index is 1.53. The highest BCUT2D eigenvalue weighted by Crippen LogP contribution is 2.32. The first kappa shape index (κ1) is 16.2. The van der Waals surface area contributed by atoms with Crippen LogP contribution >= 0.6 is 0 Å². The molecule has 4 rings (SSSR count). The first-order valence-corrected chi connectivity index (χ1v) is 8.70. The lowest BCUT2D eigenvalue weighted by atomic mass is 10.0. The molecule has 130 valence electrons. The molecule has 0 spiro atoms. The molecule has 1 aliphatic rings. The topological polar surface area (TPSA) is 41.3 Å². The number of β-amino-alcohol motifs (C(OH)–C–C–N with tert-alkyl or cyclic N) is 1. The maximum atomic E-state index is 13.6. The number of likely N-dealkylation sites (tertiary alicyclic amines) is 1. The normalized spacial score (nSPS) is 21.2. The van der Waals surface area contributed by atoms with Crippen LogP contribution in [0.15, 0.2) is 48.5 Å². The fourth-order valence-corrected chi connectivity index (χ4v) is 3.85. The van der Waals surface area contributed by atoms with Gasteiger partial charge in [-0.2, -0.15) is 0 Å². The number of hydrogen-bond donors (Lipinski definition) is 1. The maximum Gasteiger partial charge on any atom is 0.123 e. The number of para-hydroxylation sites is 2. The van der Waals surface area contributed by atoms with E-state index in [1.807, 2.05) is 31.3 Å². The highest BCUT2D eigenvalue weighted by Gasteiger charge is 2.32. The van der Waals surface area contributed by atoms with Crippen molar-refractivity contribution in [3.63, 3.8) is 0 Å². The van der Waals surface area contributed by atoms with Crippen LogP contribution in [0.5, 0.6) is 0 Å². The first-order valence-electron chi connectivity index (χ1n) is 8.70. The van der Waals surface area contributed by atoms with Crippen LogP contribution in [0.2, 0.25) is 0 Å². The van der Waals surface area contributed by atoms with Crippen molar-refractivity contribution >= 4 is 11.0 Å². The van der Waals surface area contributed by atoms with Gasteiger partial charge in [-0.05, 0) is 36.2 Å². The van der Waals surface area contributed by atoms with Crippen molar-refractivity contribution in [3.05, 3.63) is 65.7 Å². The van der Waals surface area contributed by atoms with E-state index in [1.165, 1.54) is 6.07 Å². The third kappa shape index (κ3) is 3.17. The molecule has 2 heterocycles. The summed E-state index contributed by atoms with van der Waals surface area (Å²) in [7, 11) is 2.04. The fraction of sp³-hybridized carbons (Fsp3) is 0.350. The second-order valence-corrected chi connectivity index (χ2v) is 6.78. The Bertz CT molecular complexity index is 892. The van der Waals surface area contributed by atoms with Crippen molar-refractivity contribution in [2.75, 3.05) is 13.1 Å². The predicted octanol–water partition coefficient (Wildman–Crippen LogP) is 3.06. The van der Waals surface area contributed by atoms with E-state index >= 15 is 0 Å². The lowest BCUT2D eigenvalue weighted by Crippen LogP contribution is -2.27. The van der Waals surface area contributed by atoms with Gasteiger partial charge in [0.25, 0.3) is 0 Å². The predicted molar refractivity (Wildman–Crippen MR) is 95.8 cm³/mol. The molecule has 1 fully saturated rings. The molecule has 2 aromatic carbocycles. The molecular weight excluding hydrogens is 317 g/mol. The number of halogens is 1. The molecule has 1 N–H and O–H groups in total. The van der Waals surface area contributed by atoms with Crippen molar-refractivity contribution in [2.24, 2.45) is 7.05 Å². The zero-order valence-corrected chi connectivity index (χ0v) is 14.3. The molecule has 1 aliphatic heterocycles. The van der Waals surface area contributed by atoms with Crippen LogP contribution in [0.25, 0.3) is 11.0 Å². The smallest absolute Gasteiger partial charge is 0.123 e. The van der Waals surface area contributed by atoms with Gasteiger partial charge < -0.3 is 9.67 Å². The monoisotopic (exact) mass is 339 g/mol. The Morgan fingerprint density at radius 2 is 2.04 bits per heavy atom. The van der Waals surface area contributed by atoms with E-state index < -0.39 is 0 Å². The third-order valence-corrected chi connectivity index (χ3v) is 5.12. The molecule has 5 heteroatoms. The van der Waals surface area contributed by atoms with Gasteiger partial charge in [-0.25, -0.2) is 9.37 Å². The second-order valence-electron chi connectivity index (χ2n) is 6.78. The number of hydrogen-bond acceptors (Lipinski definition) is 3. The molecule has 1 aromatic heterocycles. The number of aliphatic hydroxyl groups is 1. The van der Waals surface area contributed by atoms with E-state index in [1.54, 1.807) is 12.1 Å². The molecule has 0 bridgehead atoms. The van der Waals surface area contributed by atoms with Crippen LogP contribution in [-0.2, 0) is 13.5 Å². The summed E-state index contributed by atoms with van der Waals surface area (Å²) in [5.74, 6) is 0.801. The Hall–Kier alpha value is -2.24. The maximum absolute atomic E-state index is 13.6. The van der Waals surface area contributed by atoms with E-state index in [0.717, 1.165) is 35.4 Å². The summed E-state index contributed by atoms with van der Waals surface area (Å²) in [5, 5.41) is 10.1. The van der Waals surface area contributed by atoms with E-state index in [0.29, 0.717) is 13.0 Å². The zero-order chi connectivity index (χ0) is 17.4.